The SMILES string of the molecule is CCNC(=NCC(C)N(C)C1CC1)NCC(c1ccc(OC)cc1)N1CCOCC1. The van der Waals surface area contributed by atoms with Crippen molar-refractivity contribution in [3.8, 4) is 5.75 Å². The van der Waals surface area contributed by atoms with E-state index in [1.54, 1.807) is 7.11 Å². The molecule has 0 spiro atoms. The Morgan fingerprint density at radius 3 is 2.53 bits per heavy atom. The van der Waals surface area contributed by atoms with Crippen LogP contribution in [0.5, 0.6) is 5.75 Å². The third kappa shape index (κ3) is 6.59. The highest BCUT2D eigenvalue weighted by atomic mass is 16.5. The second-order valence-corrected chi connectivity index (χ2v) is 8.28. The Morgan fingerprint density at radius 1 is 1.23 bits per heavy atom. The molecule has 30 heavy (non-hydrogen) atoms. The molecule has 0 amide bonds. The summed E-state index contributed by atoms with van der Waals surface area (Å²) in [5.74, 6) is 1.77. The van der Waals surface area contributed by atoms with Crippen molar-refractivity contribution in [3.05, 3.63) is 29.8 Å². The predicted molar refractivity (Wildman–Crippen MR) is 122 cm³/mol. The molecule has 2 atom stereocenters. The number of guanidine groups is 1. The standard InChI is InChI=1S/C23H39N5O2/c1-5-24-23(25-16-18(2)27(3)20-8-9-20)26-17-22(28-12-14-30-15-13-28)19-6-10-21(29-4)11-7-19/h6-7,10-11,18,20,22H,5,8-9,12-17H2,1-4H3,(H2,24,25,26). The molecule has 0 aromatic heterocycles. The number of nitrogens with one attached hydrogen (secondary N) is 2. The van der Waals surface area contributed by atoms with Gasteiger partial charge in [0.05, 0.1) is 32.9 Å². The number of nitrogens with zero attached hydrogens (tertiary/aromatic N) is 3. The van der Waals surface area contributed by atoms with Crippen LogP contribution in [-0.4, -0.2) is 87.9 Å². The molecule has 1 aliphatic carbocycles. The molecule has 7 heteroatoms. The third-order valence-corrected chi connectivity index (χ3v) is 6.13. The topological polar surface area (TPSA) is 61.4 Å². The molecular weight excluding hydrogens is 378 g/mol. The fourth-order valence-corrected chi connectivity index (χ4v) is 3.90. The van der Waals surface area contributed by atoms with Crippen LogP contribution in [0.15, 0.2) is 29.3 Å². The van der Waals surface area contributed by atoms with Gasteiger partial charge in [-0.05, 0) is 51.4 Å². The second-order valence-electron chi connectivity index (χ2n) is 8.28. The number of rotatable bonds is 10. The minimum Gasteiger partial charge on any atom is -0.497 e. The van der Waals surface area contributed by atoms with Crippen molar-refractivity contribution >= 4 is 5.96 Å². The molecule has 1 saturated heterocycles. The third-order valence-electron chi connectivity index (χ3n) is 6.13. The molecule has 3 rings (SSSR count). The van der Waals surface area contributed by atoms with E-state index in [-0.39, 0.29) is 6.04 Å². The van der Waals surface area contributed by atoms with Crippen molar-refractivity contribution in [2.75, 3.05) is 60.1 Å². The first-order valence-electron chi connectivity index (χ1n) is 11.3. The normalized spacial score (nSPS) is 20.1. The predicted octanol–water partition coefficient (Wildman–Crippen LogP) is 2.11. The Bertz CT molecular complexity index is 656. The highest BCUT2D eigenvalue weighted by molar-refractivity contribution is 5.79. The lowest BCUT2D eigenvalue weighted by Gasteiger charge is -2.35. The molecule has 2 unspecified atom stereocenters. The van der Waals surface area contributed by atoms with Crippen LogP contribution in [-0.2, 0) is 4.74 Å². The fourth-order valence-electron chi connectivity index (χ4n) is 3.90. The summed E-state index contributed by atoms with van der Waals surface area (Å²) in [5.41, 5.74) is 1.28. The van der Waals surface area contributed by atoms with Crippen molar-refractivity contribution < 1.29 is 9.47 Å². The van der Waals surface area contributed by atoms with Crippen molar-refractivity contribution in [3.63, 3.8) is 0 Å². The average molecular weight is 418 g/mol. The number of ether oxygens (including phenoxy) is 2. The van der Waals surface area contributed by atoms with Gasteiger partial charge in [0, 0.05) is 38.3 Å². The summed E-state index contributed by atoms with van der Waals surface area (Å²) in [6, 6.07) is 9.87. The van der Waals surface area contributed by atoms with E-state index < -0.39 is 0 Å². The molecule has 1 saturated carbocycles. The summed E-state index contributed by atoms with van der Waals surface area (Å²) in [7, 11) is 3.92. The number of aliphatic imine (C=N–C) groups is 1. The quantitative estimate of drug-likeness (QED) is 0.449. The monoisotopic (exact) mass is 417 g/mol. The average Bonchev–Trinajstić information content (AvgIpc) is 3.63. The molecule has 2 N–H and O–H groups in total. The Balaban J connectivity index is 1.65. The van der Waals surface area contributed by atoms with E-state index >= 15 is 0 Å². The van der Waals surface area contributed by atoms with Gasteiger partial charge in [0.2, 0.25) is 0 Å². The summed E-state index contributed by atoms with van der Waals surface area (Å²) in [5, 5.41) is 7.00. The van der Waals surface area contributed by atoms with Crippen LogP contribution >= 0.6 is 0 Å². The zero-order valence-electron chi connectivity index (χ0n) is 19.1. The van der Waals surface area contributed by atoms with E-state index in [0.29, 0.717) is 6.04 Å². The number of benzene rings is 1. The zero-order valence-corrected chi connectivity index (χ0v) is 19.1. The van der Waals surface area contributed by atoms with Gasteiger partial charge in [-0.25, -0.2) is 0 Å². The van der Waals surface area contributed by atoms with E-state index in [2.05, 4.69) is 53.5 Å². The summed E-state index contributed by atoms with van der Waals surface area (Å²) >= 11 is 0. The van der Waals surface area contributed by atoms with Crippen LogP contribution < -0.4 is 15.4 Å². The van der Waals surface area contributed by atoms with Gasteiger partial charge in [0.15, 0.2) is 5.96 Å². The van der Waals surface area contributed by atoms with Crippen LogP contribution in [0.2, 0.25) is 0 Å². The van der Waals surface area contributed by atoms with E-state index in [1.165, 1.54) is 18.4 Å². The number of hydrogen-bond acceptors (Lipinski definition) is 5. The van der Waals surface area contributed by atoms with Crippen molar-refractivity contribution in [1.82, 2.24) is 20.4 Å². The van der Waals surface area contributed by atoms with Crippen LogP contribution in [0.4, 0.5) is 0 Å². The van der Waals surface area contributed by atoms with Crippen LogP contribution in [0.25, 0.3) is 0 Å². The minimum atomic E-state index is 0.259. The number of hydrogen-bond donors (Lipinski definition) is 2. The van der Waals surface area contributed by atoms with Gasteiger partial charge in [0.1, 0.15) is 5.75 Å². The van der Waals surface area contributed by atoms with Gasteiger partial charge in [-0.3, -0.25) is 14.8 Å². The summed E-state index contributed by atoms with van der Waals surface area (Å²) < 4.78 is 10.9. The van der Waals surface area contributed by atoms with Crippen LogP contribution in [0.3, 0.4) is 0 Å². The Labute approximate surface area is 181 Å². The van der Waals surface area contributed by atoms with E-state index in [4.69, 9.17) is 14.5 Å². The lowest BCUT2D eigenvalue weighted by molar-refractivity contribution is 0.0170. The van der Waals surface area contributed by atoms with Gasteiger partial charge in [-0.15, -0.1) is 0 Å². The first-order valence-corrected chi connectivity index (χ1v) is 11.3. The van der Waals surface area contributed by atoms with Crippen molar-refractivity contribution in [1.29, 1.82) is 0 Å². The largest absolute Gasteiger partial charge is 0.497 e. The maximum atomic E-state index is 5.58. The van der Waals surface area contributed by atoms with Crippen molar-refractivity contribution in [2.24, 2.45) is 4.99 Å². The highest BCUT2D eigenvalue weighted by Crippen LogP contribution is 2.27. The summed E-state index contributed by atoms with van der Waals surface area (Å²) in [6.07, 6.45) is 2.65. The van der Waals surface area contributed by atoms with E-state index in [1.807, 2.05) is 12.1 Å². The number of morpholine rings is 1. The van der Waals surface area contributed by atoms with Crippen LogP contribution in [0, 0.1) is 0 Å². The smallest absolute Gasteiger partial charge is 0.191 e. The Hall–Kier alpha value is -1.83. The molecule has 1 aliphatic heterocycles. The number of likely N-dealkylation sites (N-methyl/N-ethyl adjacent to an activating group) is 1. The van der Waals surface area contributed by atoms with Gasteiger partial charge in [0.25, 0.3) is 0 Å². The minimum absolute atomic E-state index is 0.259. The first-order chi connectivity index (χ1) is 14.6. The van der Waals surface area contributed by atoms with Crippen molar-refractivity contribution in [2.45, 2.75) is 44.8 Å². The maximum absolute atomic E-state index is 5.58. The molecule has 0 bridgehead atoms. The molecule has 2 aliphatic rings. The van der Waals surface area contributed by atoms with Crippen LogP contribution in [0.1, 0.15) is 38.3 Å². The first kappa shape index (κ1) is 22.8. The molecule has 0 radical (unpaired) electrons. The Morgan fingerprint density at radius 2 is 1.93 bits per heavy atom. The molecule has 1 aromatic rings. The fraction of sp³-hybridized carbons (Fsp3) is 0.696. The zero-order chi connectivity index (χ0) is 21.3. The second kappa shape index (κ2) is 11.5. The van der Waals surface area contributed by atoms with Gasteiger partial charge < -0.3 is 20.1 Å². The number of methoxy groups -OCH3 is 1. The van der Waals surface area contributed by atoms with Gasteiger partial charge >= 0.3 is 0 Å². The summed E-state index contributed by atoms with van der Waals surface area (Å²) in [4.78, 5) is 9.82. The van der Waals surface area contributed by atoms with E-state index in [0.717, 1.165) is 63.7 Å². The van der Waals surface area contributed by atoms with E-state index in [9.17, 15) is 0 Å². The highest BCUT2D eigenvalue weighted by Gasteiger charge is 2.29. The van der Waals surface area contributed by atoms with Gasteiger partial charge in [-0.1, -0.05) is 12.1 Å². The molecule has 2 fully saturated rings. The molecule has 1 heterocycles. The lowest BCUT2D eigenvalue weighted by Crippen LogP contribution is -2.46. The molecular formula is C23H39N5O2. The molecule has 1 aromatic carbocycles. The lowest BCUT2D eigenvalue weighted by atomic mass is 10.0. The Kier molecular flexibility index (Phi) is 8.78. The summed E-state index contributed by atoms with van der Waals surface area (Å²) in [6.45, 7) is 10.3. The molecule has 168 valence electrons. The maximum Gasteiger partial charge on any atom is 0.191 e. The van der Waals surface area contributed by atoms with Gasteiger partial charge in [-0.2, -0.15) is 0 Å². The molecule has 7 nitrogen and oxygen atoms in total.